The molecule has 0 spiro atoms. The highest BCUT2D eigenvalue weighted by atomic mass is 32.1. The van der Waals surface area contributed by atoms with E-state index in [4.69, 9.17) is 0 Å². The van der Waals surface area contributed by atoms with Crippen molar-refractivity contribution in [2.45, 2.75) is 0 Å². The SMILES string of the molecule is C=C(CN(C)C=S)NC. The van der Waals surface area contributed by atoms with Crippen molar-refractivity contribution in [2.75, 3.05) is 20.6 Å². The van der Waals surface area contributed by atoms with Crippen LogP contribution < -0.4 is 5.32 Å². The lowest BCUT2D eigenvalue weighted by molar-refractivity contribution is 0.559. The van der Waals surface area contributed by atoms with E-state index < -0.39 is 0 Å². The average molecular weight is 144 g/mol. The third-order valence-electron chi connectivity index (χ3n) is 0.974. The number of hydrogen-bond acceptors (Lipinski definition) is 2. The minimum absolute atomic E-state index is 0.778. The van der Waals surface area contributed by atoms with Crippen LogP contribution in [-0.2, 0) is 0 Å². The van der Waals surface area contributed by atoms with Crippen LogP contribution in [0.15, 0.2) is 12.3 Å². The Morgan fingerprint density at radius 1 is 1.89 bits per heavy atom. The molecule has 0 aromatic rings. The maximum atomic E-state index is 4.67. The predicted octanol–water partition coefficient (Wildman–Crippen LogP) is 0.609. The van der Waals surface area contributed by atoms with Crippen molar-refractivity contribution in [1.82, 2.24) is 10.2 Å². The molecule has 0 amide bonds. The van der Waals surface area contributed by atoms with Gasteiger partial charge in [0, 0.05) is 19.8 Å². The number of thiocarbonyl (C=S) groups is 1. The van der Waals surface area contributed by atoms with Crippen LogP contribution in [0.3, 0.4) is 0 Å². The van der Waals surface area contributed by atoms with E-state index in [9.17, 15) is 0 Å². The van der Waals surface area contributed by atoms with Crippen LogP contribution in [0.4, 0.5) is 0 Å². The summed E-state index contributed by atoms with van der Waals surface area (Å²) in [6.07, 6.45) is 0. The van der Waals surface area contributed by atoms with Crippen molar-refractivity contribution in [1.29, 1.82) is 0 Å². The van der Waals surface area contributed by atoms with E-state index in [2.05, 4.69) is 24.1 Å². The van der Waals surface area contributed by atoms with E-state index in [1.165, 1.54) is 0 Å². The van der Waals surface area contributed by atoms with Crippen molar-refractivity contribution in [3.05, 3.63) is 12.3 Å². The van der Waals surface area contributed by atoms with E-state index in [0.29, 0.717) is 0 Å². The van der Waals surface area contributed by atoms with Crippen LogP contribution in [0.25, 0.3) is 0 Å². The Labute approximate surface area is 61.5 Å². The molecular weight excluding hydrogens is 132 g/mol. The van der Waals surface area contributed by atoms with Crippen molar-refractivity contribution in [3.8, 4) is 0 Å². The second-order valence-corrected chi connectivity index (χ2v) is 2.08. The molecule has 0 radical (unpaired) electrons. The first-order chi connectivity index (χ1) is 4.20. The highest BCUT2D eigenvalue weighted by Gasteiger charge is 1.91. The summed E-state index contributed by atoms with van der Waals surface area (Å²) in [4.78, 5) is 1.88. The first-order valence-corrected chi connectivity index (χ1v) is 3.19. The number of rotatable bonds is 4. The van der Waals surface area contributed by atoms with E-state index in [0.717, 1.165) is 12.2 Å². The van der Waals surface area contributed by atoms with Crippen molar-refractivity contribution < 1.29 is 0 Å². The quantitative estimate of drug-likeness (QED) is 0.582. The Balaban J connectivity index is 3.46. The van der Waals surface area contributed by atoms with Gasteiger partial charge in [-0.3, -0.25) is 0 Å². The molecule has 0 atom stereocenters. The summed E-state index contributed by atoms with van der Waals surface area (Å²) in [6, 6.07) is 0. The molecule has 0 rings (SSSR count). The summed E-state index contributed by atoms with van der Waals surface area (Å²) >= 11 is 4.67. The zero-order valence-electron chi connectivity index (χ0n) is 5.85. The van der Waals surface area contributed by atoms with Gasteiger partial charge in [-0.1, -0.05) is 18.8 Å². The number of nitrogens with one attached hydrogen (secondary N) is 1. The van der Waals surface area contributed by atoms with Gasteiger partial charge in [0.15, 0.2) is 0 Å². The van der Waals surface area contributed by atoms with Crippen LogP contribution >= 0.6 is 12.2 Å². The highest BCUT2D eigenvalue weighted by Crippen LogP contribution is 1.84. The predicted molar refractivity (Wildman–Crippen MR) is 44.5 cm³/mol. The van der Waals surface area contributed by atoms with Gasteiger partial charge in [0.2, 0.25) is 0 Å². The molecule has 0 saturated heterocycles. The van der Waals surface area contributed by atoms with Crippen LogP contribution in [0.5, 0.6) is 0 Å². The Morgan fingerprint density at radius 3 is 2.78 bits per heavy atom. The molecule has 0 unspecified atom stereocenters. The molecule has 0 fully saturated rings. The average Bonchev–Trinajstić information content (AvgIpc) is 1.87. The lowest BCUT2D eigenvalue weighted by atomic mass is 10.5. The summed E-state index contributed by atoms with van der Waals surface area (Å²) in [5, 5.41) is 2.93. The van der Waals surface area contributed by atoms with Crippen LogP contribution in [0.2, 0.25) is 0 Å². The van der Waals surface area contributed by atoms with E-state index in [1.54, 1.807) is 5.49 Å². The molecule has 0 saturated carbocycles. The Bertz CT molecular complexity index is 112. The fraction of sp³-hybridized carbons (Fsp3) is 0.500. The third-order valence-corrected chi connectivity index (χ3v) is 1.33. The number of hydrogen-bond donors (Lipinski definition) is 1. The monoisotopic (exact) mass is 144 g/mol. The molecule has 0 heterocycles. The van der Waals surface area contributed by atoms with Gasteiger partial charge in [-0.25, -0.2) is 0 Å². The summed E-state index contributed by atoms with van der Waals surface area (Å²) < 4.78 is 0. The molecular formula is C6H12N2S. The van der Waals surface area contributed by atoms with Gasteiger partial charge in [0.1, 0.15) is 0 Å². The van der Waals surface area contributed by atoms with Gasteiger partial charge < -0.3 is 10.2 Å². The lowest BCUT2D eigenvalue weighted by Crippen LogP contribution is -2.22. The maximum Gasteiger partial charge on any atom is 0.0641 e. The van der Waals surface area contributed by atoms with E-state index in [-0.39, 0.29) is 0 Å². The maximum absolute atomic E-state index is 4.67. The molecule has 0 bridgehead atoms. The first-order valence-electron chi connectivity index (χ1n) is 2.71. The molecule has 0 aliphatic rings. The Morgan fingerprint density at radius 2 is 2.44 bits per heavy atom. The summed E-state index contributed by atoms with van der Waals surface area (Å²) in [6.45, 7) is 4.52. The third kappa shape index (κ3) is 3.97. The molecule has 3 heteroatoms. The molecule has 52 valence electrons. The van der Waals surface area contributed by atoms with Crippen LogP contribution in [-0.4, -0.2) is 31.0 Å². The highest BCUT2D eigenvalue weighted by molar-refractivity contribution is 7.78. The Hall–Kier alpha value is -0.570. The first kappa shape index (κ1) is 8.43. The molecule has 0 aromatic carbocycles. The molecule has 2 nitrogen and oxygen atoms in total. The normalized spacial score (nSPS) is 8.22. The van der Waals surface area contributed by atoms with Gasteiger partial charge >= 0.3 is 0 Å². The van der Waals surface area contributed by atoms with Gasteiger partial charge in [0.05, 0.1) is 12.0 Å². The van der Waals surface area contributed by atoms with E-state index in [1.807, 2.05) is 19.0 Å². The van der Waals surface area contributed by atoms with Gasteiger partial charge in [-0.15, -0.1) is 0 Å². The zero-order valence-corrected chi connectivity index (χ0v) is 6.66. The summed E-state index contributed by atoms with van der Waals surface area (Å²) in [5.74, 6) is 0. The zero-order chi connectivity index (χ0) is 7.28. The molecule has 9 heavy (non-hydrogen) atoms. The van der Waals surface area contributed by atoms with Crippen molar-refractivity contribution >= 4 is 17.7 Å². The Kier molecular flexibility index (Phi) is 4.05. The number of nitrogens with zero attached hydrogens (tertiary/aromatic N) is 1. The van der Waals surface area contributed by atoms with Crippen LogP contribution in [0.1, 0.15) is 0 Å². The fourth-order valence-electron chi connectivity index (χ4n) is 0.417. The van der Waals surface area contributed by atoms with Gasteiger partial charge in [-0.05, 0) is 0 Å². The van der Waals surface area contributed by atoms with Crippen LogP contribution in [0, 0.1) is 0 Å². The lowest BCUT2D eigenvalue weighted by Gasteiger charge is -2.12. The second-order valence-electron chi connectivity index (χ2n) is 1.87. The summed E-state index contributed by atoms with van der Waals surface area (Å²) in [5.41, 5.74) is 2.57. The smallest absolute Gasteiger partial charge is 0.0641 e. The van der Waals surface area contributed by atoms with Gasteiger partial charge in [-0.2, -0.15) is 0 Å². The topological polar surface area (TPSA) is 15.3 Å². The fourth-order valence-corrected chi connectivity index (χ4v) is 0.492. The van der Waals surface area contributed by atoms with E-state index >= 15 is 0 Å². The largest absolute Gasteiger partial charge is 0.390 e. The molecule has 0 aromatic heterocycles. The van der Waals surface area contributed by atoms with Crippen molar-refractivity contribution in [3.63, 3.8) is 0 Å². The summed E-state index contributed by atoms with van der Waals surface area (Å²) in [7, 11) is 3.76. The number of likely N-dealkylation sites (N-methyl/N-ethyl adjacent to an activating group) is 2. The molecule has 0 aliphatic heterocycles. The molecule has 0 aliphatic carbocycles. The minimum atomic E-state index is 0.778. The standard InChI is InChI=1S/C6H12N2S/c1-6(7-2)4-8(3)5-9/h5,7H,1,4H2,2-3H3. The minimum Gasteiger partial charge on any atom is -0.390 e. The van der Waals surface area contributed by atoms with Gasteiger partial charge in [0.25, 0.3) is 0 Å². The molecule has 1 N–H and O–H groups in total. The second kappa shape index (κ2) is 4.32. The van der Waals surface area contributed by atoms with Crippen molar-refractivity contribution in [2.24, 2.45) is 0 Å².